The molecule has 2 saturated heterocycles. The number of nitrogens with zero attached hydrogens (tertiary/aromatic N) is 2. The molecule has 2 aliphatic heterocycles. The third kappa shape index (κ3) is 3.90. The Morgan fingerprint density at radius 3 is 1.24 bits per heavy atom. The van der Waals surface area contributed by atoms with Crippen LogP contribution >= 0.6 is 0 Å². The largest absolute Gasteiger partial charge is 0.288 e. The predicted octanol–water partition coefficient (Wildman–Crippen LogP) is -1.60. The lowest BCUT2D eigenvalue weighted by Crippen LogP contribution is -2.50. The van der Waals surface area contributed by atoms with Gasteiger partial charge in [0.2, 0.25) is 0 Å². The van der Waals surface area contributed by atoms with Crippen LogP contribution in [0, 0.1) is 0 Å². The van der Waals surface area contributed by atoms with Crippen LogP contribution in [0.1, 0.15) is 0 Å². The van der Waals surface area contributed by atoms with Crippen LogP contribution in [-0.2, 0) is 19.7 Å². The summed E-state index contributed by atoms with van der Waals surface area (Å²) >= 11 is 0. The smallest absolute Gasteiger partial charge is 0.152 e. The van der Waals surface area contributed by atoms with Crippen molar-refractivity contribution in [1.82, 2.24) is 9.80 Å². The summed E-state index contributed by atoms with van der Waals surface area (Å²) in [5.74, 6) is 0.885. The second-order valence-electron chi connectivity index (χ2n) is 4.68. The van der Waals surface area contributed by atoms with E-state index in [1.54, 1.807) is 0 Å². The first-order valence-corrected chi connectivity index (χ1v) is 9.36. The van der Waals surface area contributed by atoms with Crippen LogP contribution in [0.2, 0.25) is 0 Å². The highest BCUT2D eigenvalue weighted by Crippen LogP contribution is 2.08. The van der Waals surface area contributed by atoms with Gasteiger partial charge in [0.15, 0.2) is 19.7 Å². The van der Waals surface area contributed by atoms with Gasteiger partial charge in [0, 0.05) is 26.2 Å². The summed E-state index contributed by atoms with van der Waals surface area (Å²) in [6, 6.07) is 0. The van der Waals surface area contributed by atoms with Gasteiger partial charge in [-0.25, -0.2) is 16.8 Å². The molecule has 0 aromatic carbocycles. The lowest BCUT2D eigenvalue weighted by Gasteiger charge is -2.34. The minimum absolute atomic E-state index is 0.221. The lowest BCUT2D eigenvalue weighted by molar-refractivity contribution is 0.148. The van der Waals surface area contributed by atoms with E-state index in [2.05, 4.69) is 9.80 Å². The Balaban J connectivity index is 1.80. The highest BCUT2D eigenvalue weighted by atomic mass is 32.2. The molecule has 0 saturated carbocycles. The van der Waals surface area contributed by atoms with E-state index in [0.717, 1.165) is 0 Å². The van der Waals surface area contributed by atoms with Crippen molar-refractivity contribution in [3.05, 3.63) is 0 Å². The van der Waals surface area contributed by atoms with Crippen molar-refractivity contribution in [2.75, 3.05) is 55.9 Å². The molecule has 2 heterocycles. The summed E-state index contributed by atoms with van der Waals surface area (Å²) in [6.07, 6.45) is 0. The van der Waals surface area contributed by atoms with Gasteiger partial charge in [-0.2, -0.15) is 0 Å². The molecule has 6 nitrogen and oxygen atoms in total. The quantitative estimate of drug-likeness (QED) is 0.607. The van der Waals surface area contributed by atoms with Crippen molar-refractivity contribution < 1.29 is 16.8 Å². The molecule has 100 valence electrons. The average molecular weight is 282 g/mol. The first-order chi connectivity index (χ1) is 7.86. The molecule has 0 radical (unpaired) electrons. The fraction of sp³-hybridized carbons (Fsp3) is 1.00. The molecule has 0 aliphatic carbocycles. The molecule has 0 amide bonds. The lowest BCUT2D eigenvalue weighted by atomic mass is 10.5. The van der Waals surface area contributed by atoms with Gasteiger partial charge in [-0.05, 0) is 0 Å². The van der Waals surface area contributed by atoms with Crippen molar-refractivity contribution >= 4 is 19.7 Å². The summed E-state index contributed by atoms with van der Waals surface area (Å²) in [7, 11) is -5.66. The van der Waals surface area contributed by atoms with Crippen LogP contribution in [-0.4, -0.2) is 82.5 Å². The van der Waals surface area contributed by atoms with Gasteiger partial charge in [0.1, 0.15) is 0 Å². The molecule has 0 atom stereocenters. The zero-order chi connectivity index (χ0) is 12.5. The van der Waals surface area contributed by atoms with Crippen LogP contribution in [0.25, 0.3) is 0 Å². The van der Waals surface area contributed by atoms with Crippen LogP contribution in [0.3, 0.4) is 0 Å². The van der Waals surface area contributed by atoms with Crippen molar-refractivity contribution in [3.63, 3.8) is 0 Å². The Hall–Kier alpha value is -0.180. The molecular formula is C9H18N2O4S2. The van der Waals surface area contributed by atoms with Crippen LogP contribution < -0.4 is 0 Å². The summed E-state index contributed by atoms with van der Waals surface area (Å²) in [5, 5.41) is 0. The van der Waals surface area contributed by atoms with Gasteiger partial charge < -0.3 is 0 Å². The van der Waals surface area contributed by atoms with Gasteiger partial charge >= 0.3 is 0 Å². The SMILES string of the molecule is O=S1(=O)CCN(CN2CCS(=O)(=O)CC2)CC1. The van der Waals surface area contributed by atoms with Gasteiger partial charge in [-0.15, -0.1) is 0 Å². The third-order valence-corrected chi connectivity index (χ3v) is 6.49. The average Bonchev–Trinajstić information content (AvgIpc) is 2.24. The Kier molecular flexibility index (Phi) is 3.77. The molecule has 0 N–H and O–H groups in total. The molecule has 0 aromatic rings. The van der Waals surface area contributed by atoms with Gasteiger partial charge in [-0.3, -0.25) is 9.80 Å². The Bertz CT molecular complexity index is 399. The monoisotopic (exact) mass is 282 g/mol. The van der Waals surface area contributed by atoms with E-state index >= 15 is 0 Å². The molecular weight excluding hydrogens is 264 g/mol. The first kappa shape index (κ1) is 13.3. The second kappa shape index (κ2) is 4.83. The van der Waals surface area contributed by atoms with Crippen molar-refractivity contribution in [1.29, 1.82) is 0 Å². The standard InChI is InChI=1S/C9H18N2O4S2/c12-16(13)5-1-10(2-6-16)9-11-3-7-17(14,15)8-4-11/h1-9H2. The Morgan fingerprint density at radius 2 is 0.941 bits per heavy atom. The molecule has 2 rings (SSSR count). The second-order valence-corrected chi connectivity index (χ2v) is 9.29. The van der Waals surface area contributed by atoms with E-state index < -0.39 is 19.7 Å². The maximum Gasteiger partial charge on any atom is 0.152 e. The zero-order valence-electron chi connectivity index (χ0n) is 9.71. The molecule has 0 aromatic heterocycles. The van der Waals surface area contributed by atoms with E-state index in [1.807, 2.05) is 0 Å². The summed E-state index contributed by atoms with van der Waals surface area (Å²) in [6.45, 7) is 2.93. The fourth-order valence-corrected chi connectivity index (χ4v) is 4.62. The summed E-state index contributed by atoms with van der Waals surface area (Å²) in [4.78, 5) is 4.16. The number of rotatable bonds is 2. The highest BCUT2D eigenvalue weighted by Gasteiger charge is 2.26. The van der Waals surface area contributed by atoms with E-state index in [-0.39, 0.29) is 23.0 Å². The first-order valence-electron chi connectivity index (χ1n) is 5.72. The van der Waals surface area contributed by atoms with E-state index in [4.69, 9.17) is 0 Å². The molecule has 0 bridgehead atoms. The van der Waals surface area contributed by atoms with Crippen molar-refractivity contribution in [3.8, 4) is 0 Å². The van der Waals surface area contributed by atoms with Crippen molar-refractivity contribution in [2.45, 2.75) is 0 Å². The zero-order valence-corrected chi connectivity index (χ0v) is 11.3. The van der Waals surface area contributed by atoms with Gasteiger partial charge in [0.05, 0.1) is 29.7 Å². The Labute approximate surface area is 102 Å². The molecule has 2 aliphatic rings. The maximum absolute atomic E-state index is 11.3. The normalized spacial score (nSPS) is 30.1. The maximum atomic E-state index is 11.3. The Morgan fingerprint density at radius 1 is 0.647 bits per heavy atom. The third-order valence-electron chi connectivity index (χ3n) is 3.27. The summed E-state index contributed by atoms with van der Waals surface area (Å²) < 4.78 is 45.0. The number of hydrogen-bond donors (Lipinski definition) is 0. The van der Waals surface area contributed by atoms with Crippen molar-refractivity contribution in [2.24, 2.45) is 0 Å². The molecule has 8 heteroatoms. The minimum Gasteiger partial charge on any atom is -0.288 e. The van der Waals surface area contributed by atoms with E-state index in [9.17, 15) is 16.8 Å². The van der Waals surface area contributed by atoms with Crippen LogP contribution in [0.4, 0.5) is 0 Å². The number of hydrogen-bond acceptors (Lipinski definition) is 6. The van der Waals surface area contributed by atoms with Gasteiger partial charge in [-0.1, -0.05) is 0 Å². The number of sulfone groups is 2. The topological polar surface area (TPSA) is 74.8 Å². The minimum atomic E-state index is -2.83. The van der Waals surface area contributed by atoms with E-state index in [0.29, 0.717) is 32.8 Å². The molecule has 0 spiro atoms. The molecule has 17 heavy (non-hydrogen) atoms. The molecule has 0 unspecified atom stereocenters. The van der Waals surface area contributed by atoms with Crippen LogP contribution in [0.15, 0.2) is 0 Å². The van der Waals surface area contributed by atoms with Crippen LogP contribution in [0.5, 0.6) is 0 Å². The fourth-order valence-electron chi connectivity index (χ4n) is 2.07. The highest BCUT2D eigenvalue weighted by molar-refractivity contribution is 7.91. The van der Waals surface area contributed by atoms with Gasteiger partial charge in [0.25, 0.3) is 0 Å². The predicted molar refractivity (Wildman–Crippen MR) is 65.3 cm³/mol. The van der Waals surface area contributed by atoms with E-state index in [1.165, 1.54) is 0 Å². The molecule has 2 fully saturated rings. The summed E-state index contributed by atoms with van der Waals surface area (Å²) in [5.41, 5.74) is 0.